The molecule has 0 aliphatic rings. The van der Waals surface area contributed by atoms with Crippen LogP contribution in [0.1, 0.15) is 17.7 Å². The third kappa shape index (κ3) is 6.45. The van der Waals surface area contributed by atoms with Crippen LogP contribution in [0.25, 0.3) is 0 Å². The zero-order valence-corrected chi connectivity index (χ0v) is 14.9. The Labute approximate surface area is 156 Å². The molecule has 0 atom stereocenters. The minimum Gasteiger partial charge on any atom is -0.365 e. The first-order chi connectivity index (χ1) is 13.1. The molecule has 0 amide bonds. The van der Waals surface area contributed by atoms with Gasteiger partial charge in [0.2, 0.25) is 5.82 Å². The summed E-state index contributed by atoms with van der Waals surface area (Å²) in [6.07, 6.45) is -4.24. The second kappa shape index (κ2) is 8.96. The molecule has 0 aliphatic carbocycles. The molecule has 0 radical (unpaired) electrons. The Kier molecular flexibility index (Phi) is 6.90. The Morgan fingerprint density at radius 3 is 2.68 bits per heavy atom. The Morgan fingerprint density at radius 2 is 2.04 bits per heavy atom. The molecule has 0 fully saturated rings. The van der Waals surface area contributed by atoms with E-state index >= 15 is 0 Å². The Morgan fingerprint density at radius 1 is 1.29 bits per heavy atom. The molecule has 1 aromatic carbocycles. The normalized spacial score (nSPS) is 12.8. The number of nitrogens with two attached hydrogens (primary N) is 1. The van der Waals surface area contributed by atoms with Crippen molar-refractivity contribution in [2.24, 2.45) is 10.1 Å². The van der Waals surface area contributed by atoms with Gasteiger partial charge in [0.25, 0.3) is 10.2 Å². The van der Waals surface area contributed by atoms with Crippen LogP contribution in [0.5, 0.6) is 0 Å². The molecule has 154 valence electrons. The Balaban J connectivity index is 2.11. The monoisotopic (exact) mass is 423 g/mol. The number of halogens is 3. The number of hydrogen-bond donors (Lipinski definition) is 5. The van der Waals surface area contributed by atoms with Crippen LogP contribution in [0.2, 0.25) is 0 Å². The minimum atomic E-state index is -4.55. The van der Waals surface area contributed by atoms with Crippen molar-refractivity contribution in [1.82, 2.24) is 20.5 Å². The van der Waals surface area contributed by atoms with E-state index in [-0.39, 0.29) is 36.1 Å². The summed E-state index contributed by atoms with van der Waals surface area (Å²) in [7, 11) is -3.80. The van der Waals surface area contributed by atoms with Crippen molar-refractivity contribution in [3.8, 4) is 0 Å². The SMILES string of the molecule is NS(=O)(=O)NCCCNc1nonc1C(=Nc1cccc(C(F)(F)F)c1)NO. The van der Waals surface area contributed by atoms with E-state index in [0.717, 1.165) is 18.2 Å². The smallest absolute Gasteiger partial charge is 0.365 e. The molecule has 0 bridgehead atoms. The maximum absolute atomic E-state index is 12.8. The molecule has 0 unspecified atom stereocenters. The second-order valence-corrected chi connectivity index (χ2v) is 6.68. The van der Waals surface area contributed by atoms with Gasteiger partial charge < -0.3 is 5.32 Å². The Hall–Kier alpha value is -2.75. The predicted molar refractivity (Wildman–Crippen MR) is 91.1 cm³/mol. The second-order valence-electron chi connectivity index (χ2n) is 5.30. The standard InChI is InChI=1S/C13H16F3N7O4S/c14-13(15,16)8-3-1-4-9(7-8)20-12(21-24)10-11(23-27-22-10)18-5-2-6-19-28(17,25)26/h1,3-4,7,19,24H,2,5-6H2,(H,18,23)(H,20,21)(H2,17,25,26). The van der Waals surface area contributed by atoms with Crippen molar-refractivity contribution in [3.05, 3.63) is 35.5 Å². The van der Waals surface area contributed by atoms with Crippen LogP contribution < -0.4 is 20.7 Å². The van der Waals surface area contributed by atoms with Crippen LogP contribution in [-0.4, -0.2) is 42.9 Å². The van der Waals surface area contributed by atoms with Crippen molar-refractivity contribution in [1.29, 1.82) is 0 Å². The third-order valence-electron chi connectivity index (χ3n) is 3.18. The lowest BCUT2D eigenvalue weighted by atomic mass is 10.2. The summed E-state index contributed by atoms with van der Waals surface area (Å²) in [6.45, 7) is 0.266. The van der Waals surface area contributed by atoms with Crippen molar-refractivity contribution in [3.63, 3.8) is 0 Å². The van der Waals surface area contributed by atoms with Crippen LogP contribution in [0.15, 0.2) is 33.9 Å². The number of nitrogens with one attached hydrogen (secondary N) is 3. The van der Waals surface area contributed by atoms with E-state index in [1.807, 2.05) is 0 Å². The van der Waals surface area contributed by atoms with E-state index < -0.39 is 21.9 Å². The van der Waals surface area contributed by atoms with Crippen LogP contribution in [0, 0.1) is 0 Å². The summed E-state index contributed by atoms with van der Waals surface area (Å²) in [5.74, 6) is -0.284. The topological polar surface area (TPSA) is 168 Å². The van der Waals surface area contributed by atoms with E-state index in [2.05, 4.69) is 30.0 Å². The number of alkyl halides is 3. The number of aromatic nitrogens is 2. The number of aliphatic imine (C=N–C) groups is 1. The molecule has 6 N–H and O–H groups in total. The fourth-order valence-corrected chi connectivity index (χ4v) is 2.41. The lowest BCUT2D eigenvalue weighted by Gasteiger charge is -2.08. The number of anilines is 1. The molecule has 11 nitrogen and oxygen atoms in total. The van der Waals surface area contributed by atoms with Crippen molar-refractivity contribution in [2.45, 2.75) is 12.6 Å². The van der Waals surface area contributed by atoms with Gasteiger partial charge in [-0.05, 0) is 34.9 Å². The average Bonchev–Trinajstić information content (AvgIpc) is 3.06. The van der Waals surface area contributed by atoms with Gasteiger partial charge in [-0.25, -0.2) is 19.5 Å². The summed E-state index contributed by atoms with van der Waals surface area (Å²) in [6, 6.07) is 4.13. The zero-order valence-electron chi connectivity index (χ0n) is 14.1. The van der Waals surface area contributed by atoms with Gasteiger partial charge >= 0.3 is 6.18 Å². The summed E-state index contributed by atoms with van der Waals surface area (Å²) in [4.78, 5) is 3.88. The van der Waals surface area contributed by atoms with Gasteiger partial charge in [-0.1, -0.05) is 6.07 Å². The number of benzene rings is 1. The first-order valence-corrected chi connectivity index (χ1v) is 9.15. The molecule has 0 saturated carbocycles. The maximum atomic E-state index is 12.8. The summed E-state index contributed by atoms with van der Waals surface area (Å²) in [5.41, 5.74) is 0.622. The van der Waals surface area contributed by atoms with Crippen LogP contribution in [0.3, 0.4) is 0 Å². The van der Waals surface area contributed by atoms with Crippen LogP contribution >= 0.6 is 0 Å². The van der Waals surface area contributed by atoms with Crippen LogP contribution in [0.4, 0.5) is 24.7 Å². The Bertz CT molecular complexity index is 930. The number of nitrogens with zero attached hydrogens (tertiary/aromatic N) is 3. The fourth-order valence-electron chi connectivity index (χ4n) is 1.98. The number of hydrogen-bond acceptors (Lipinski definition) is 8. The minimum absolute atomic E-state index is 0.0304. The quantitative estimate of drug-likeness (QED) is 0.179. The van der Waals surface area contributed by atoms with Gasteiger partial charge in [0, 0.05) is 13.1 Å². The van der Waals surface area contributed by atoms with Crippen LogP contribution in [-0.2, 0) is 16.4 Å². The lowest BCUT2D eigenvalue weighted by molar-refractivity contribution is -0.137. The molecule has 0 aliphatic heterocycles. The largest absolute Gasteiger partial charge is 0.416 e. The highest BCUT2D eigenvalue weighted by Gasteiger charge is 2.30. The first-order valence-electron chi connectivity index (χ1n) is 7.60. The van der Waals surface area contributed by atoms with Gasteiger partial charge in [-0.2, -0.15) is 21.6 Å². The van der Waals surface area contributed by atoms with Gasteiger partial charge in [-0.3, -0.25) is 10.7 Å². The van der Waals surface area contributed by atoms with E-state index in [0.29, 0.717) is 6.42 Å². The molecule has 2 rings (SSSR count). The molecule has 28 heavy (non-hydrogen) atoms. The van der Waals surface area contributed by atoms with E-state index in [1.54, 1.807) is 5.48 Å². The van der Waals surface area contributed by atoms with Gasteiger partial charge in [0.1, 0.15) is 0 Å². The number of rotatable bonds is 8. The van der Waals surface area contributed by atoms with Gasteiger partial charge in [0.05, 0.1) is 11.3 Å². The molecule has 1 heterocycles. The number of hydroxylamine groups is 1. The third-order valence-corrected chi connectivity index (χ3v) is 3.79. The van der Waals surface area contributed by atoms with E-state index in [9.17, 15) is 26.8 Å². The lowest BCUT2D eigenvalue weighted by Crippen LogP contribution is -2.32. The van der Waals surface area contributed by atoms with Gasteiger partial charge in [-0.15, -0.1) is 0 Å². The highest BCUT2D eigenvalue weighted by Crippen LogP contribution is 2.31. The van der Waals surface area contributed by atoms with Crippen molar-refractivity contribution < 1.29 is 31.4 Å². The predicted octanol–water partition coefficient (Wildman–Crippen LogP) is 0.741. The molecular weight excluding hydrogens is 407 g/mol. The number of amidine groups is 1. The molecular formula is C13H16F3N7O4S. The summed E-state index contributed by atoms with van der Waals surface area (Å²) >= 11 is 0. The fraction of sp³-hybridized carbons (Fsp3) is 0.308. The molecule has 0 spiro atoms. The van der Waals surface area contributed by atoms with E-state index in [4.69, 9.17) is 5.14 Å². The molecule has 1 aromatic heterocycles. The average molecular weight is 423 g/mol. The van der Waals surface area contributed by atoms with Gasteiger partial charge in [0.15, 0.2) is 11.5 Å². The highest BCUT2D eigenvalue weighted by atomic mass is 32.2. The highest BCUT2D eigenvalue weighted by molar-refractivity contribution is 7.87. The molecule has 0 saturated heterocycles. The summed E-state index contributed by atoms with van der Waals surface area (Å²) < 4.78 is 66.5. The summed E-state index contributed by atoms with van der Waals surface area (Å²) in [5, 5.41) is 23.9. The zero-order chi connectivity index (χ0) is 20.8. The van der Waals surface area contributed by atoms with Crippen molar-refractivity contribution in [2.75, 3.05) is 18.4 Å². The first kappa shape index (κ1) is 21.5. The van der Waals surface area contributed by atoms with Crippen molar-refractivity contribution >= 4 is 27.6 Å². The van der Waals surface area contributed by atoms with E-state index in [1.165, 1.54) is 6.07 Å². The molecule has 15 heteroatoms. The molecule has 2 aromatic rings. The maximum Gasteiger partial charge on any atom is 0.416 e.